The van der Waals surface area contributed by atoms with Crippen molar-refractivity contribution < 1.29 is 14.3 Å². The minimum Gasteiger partial charge on any atom is -0.454 e. The number of rotatable bonds is 3. The number of anilines is 1. The van der Waals surface area contributed by atoms with Crippen molar-refractivity contribution in [1.82, 2.24) is 9.97 Å². The van der Waals surface area contributed by atoms with E-state index in [1.54, 1.807) is 18.5 Å². The lowest BCUT2D eigenvalue weighted by atomic mass is 9.99. The molecule has 2 aromatic heterocycles. The van der Waals surface area contributed by atoms with Crippen LogP contribution < -0.4 is 14.8 Å². The molecule has 0 unspecified atom stereocenters. The first-order valence-corrected chi connectivity index (χ1v) is 10.5. The van der Waals surface area contributed by atoms with Crippen molar-refractivity contribution in [3.8, 4) is 11.5 Å². The number of nitrogens with zero attached hydrogens (tertiary/aromatic N) is 2. The van der Waals surface area contributed by atoms with Gasteiger partial charge in [0.2, 0.25) is 6.79 Å². The Bertz CT molecular complexity index is 1400. The van der Waals surface area contributed by atoms with Gasteiger partial charge in [-0.05, 0) is 65.9 Å². The Morgan fingerprint density at radius 2 is 1.91 bits per heavy atom. The topological polar surface area (TPSA) is 73.3 Å². The van der Waals surface area contributed by atoms with Gasteiger partial charge in [0.1, 0.15) is 0 Å². The summed E-state index contributed by atoms with van der Waals surface area (Å²) in [5.41, 5.74) is 6.16. The molecule has 6 heteroatoms. The standard InChI is InChI=1S/C26H19N3O3/c30-26(28-18-4-3-11-27-14-18)24-19-5-1-2-6-21(19)29-25-17(8-9-20(24)25)12-16-7-10-22-23(13-16)32-15-31-22/h1-7,10-14H,8-9,15H2,(H,28,30)/b17-12+. The molecular weight excluding hydrogens is 402 g/mol. The quantitative estimate of drug-likeness (QED) is 0.498. The van der Waals surface area contributed by atoms with E-state index in [-0.39, 0.29) is 12.7 Å². The van der Waals surface area contributed by atoms with Crippen molar-refractivity contribution in [2.75, 3.05) is 12.1 Å². The Morgan fingerprint density at radius 3 is 2.81 bits per heavy atom. The zero-order chi connectivity index (χ0) is 21.5. The van der Waals surface area contributed by atoms with Gasteiger partial charge in [-0.25, -0.2) is 4.98 Å². The van der Waals surface area contributed by atoms with E-state index in [1.807, 2.05) is 48.5 Å². The number of amides is 1. The minimum absolute atomic E-state index is 0.142. The van der Waals surface area contributed by atoms with Gasteiger partial charge in [0.25, 0.3) is 5.91 Å². The van der Waals surface area contributed by atoms with Gasteiger partial charge in [0.15, 0.2) is 11.5 Å². The highest BCUT2D eigenvalue weighted by atomic mass is 16.7. The maximum absolute atomic E-state index is 13.4. The maximum Gasteiger partial charge on any atom is 0.256 e. The first kappa shape index (κ1) is 18.6. The Hall–Kier alpha value is -4.19. The van der Waals surface area contributed by atoms with Crippen molar-refractivity contribution >= 4 is 34.1 Å². The number of fused-ring (bicyclic) bond motifs is 3. The van der Waals surface area contributed by atoms with Crippen molar-refractivity contribution in [2.24, 2.45) is 0 Å². The molecule has 6 rings (SSSR count). The number of allylic oxidation sites excluding steroid dienone is 1. The lowest BCUT2D eigenvalue weighted by Gasteiger charge is -2.13. The molecule has 1 aliphatic heterocycles. The molecule has 1 N–H and O–H groups in total. The molecule has 0 fully saturated rings. The van der Waals surface area contributed by atoms with Crippen molar-refractivity contribution in [1.29, 1.82) is 0 Å². The average Bonchev–Trinajstić information content (AvgIpc) is 3.45. The molecule has 3 heterocycles. The number of aromatic nitrogens is 2. The van der Waals surface area contributed by atoms with Gasteiger partial charge in [-0.15, -0.1) is 0 Å². The first-order valence-electron chi connectivity index (χ1n) is 10.5. The second kappa shape index (κ2) is 7.50. The monoisotopic (exact) mass is 421 g/mol. The van der Waals surface area contributed by atoms with Crippen molar-refractivity contribution in [3.63, 3.8) is 0 Å². The Balaban J connectivity index is 1.45. The number of ether oxygens (including phenoxy) is 2. The molecule has 0 spiro atoms. The summed E-state index contributed by atoms with van der Waals surface area (Å²) in [6, 6.07) is 17.3. The third-order valence-corrected chi connectivity index (χ3v) is 5.83. The van der Waals surface area contributed by atoms with Gasteiger partial charge in [-0.2, -0.15) is 0 Å². The van der Waals surface area contributed by atoms with Crippen LogP contribution in [0.1, 0.15) is 33.6 Å². The van der Waals surface area contributed by atoms with Crippen LogP contribution in [0, 0.1) is 0 Å². The summed E-state index contributed by atoms with van der Waals surface area (Å²) in [7, 11) is 0. The summed E-state index contributed by atoms with van der Waals surface area (Å²) >= 11 is 0. The third kappa shape index (κ3) is 3.17. The van der Waals surface area contributed by atoms with Gasteiger partial charge in [-0.1, -0.05) is 24.3 Å². The van der Waals surface area contributed by atoms with Gasteiger partial charge in [-0.3, -0.25) is 9.78 Å². The smallest absolute Gasteiger partial charge is 0.256 e. The van der Waals surface area contributed by atoms with Crippen LogP contribution in [-0.2, 0) is 6.42 Å². The van der Waals surface area contributed by atoms with Gasteiger partial charge in [0.05, 0.1) is 28.7 Å². The molecule has 4 aromatic rings. The summed E-state index contributed by atoms with van der Waals surface area (Å²) in [5, 5.41) is 3.85. The molecule has 0 bridgehead atoms. The number of nitrogens with one attached hydrogen (secondary N) is 1. The molecule has 2 aromatic carbocycles. The van der Waals surface area contributed by atoms with E-state index >= 15 is 0 Å². The van der Waals surface area contributed by atoms with E-state index < -0.39 is 0 Å². The lowest BCUT2D eigenvalue weighted by molar-refractivity contribution is 0.102. The predicted octanol–water partition coefficient (Wildman–Crippen LogP) is 5.10. The molecular formula is C26H19N3O3. The van der Waals surface area contributed by atoms with Gasteiger partial charge >= 0.3 is 0 Å². The van der Waals surface area contributed by atoms with E-state index in [0.29, 0.717) is 11.3 Å². The zero-order valence-corrected chi connectivity index (χ0v) is 17.2. The van der Waals surface area contributed by atoms with Crippen molar-refractivity contribution in [3.05, 3.63) is 89.4 Å². The second-order valence-corrected chi connectivity index (χ2v) is 7.81. The number of pyridine rings is 2. The normalized spacial score (nSPS) is 15.2. The van der Waals surface area contributed by atoms with Crippen LogP contribution in [-0.4, -0.2) is 22.7 Å². The Morgan fingerprint density at radius 1 is 1.00 bits per heavy atom. The molecule has 0 saturated carbocycles. The van der Waals surface area contributed by atoms with E-state index in [9.17, 15) is 4.79 Å². The van der Waals surface area contributed by atoms with E-state index in [0.717, 1.165) is 57.6 Å². The Kier molecular flexibility index (Phi) is 4.35. The average molecular weight is 421 g/mol. The molecule has 0 atom stereocenters. The number of carbonyl (C=O) groups excluding carboxylic acids is 1. The summed E-state index contributed by atoms with van der Waals surface area (Å²) < 4.78 is 10.9. The number of hydrogen-bond acceptors (Lipinski definition) is 5. The molecule has 6 nitrogen and oxygen atoms in total. The van der Waals surface area contributed by atoms with Crippen LogP contribution in [0.2, 0.25) is 0 Å². The number of carbonyl (C=O) groups is 1. The van der Waals surface area contributed by atoms with Crippen molar-refractivity contribution in [2.45, 2.75) is 12.8 Å². The predicted molar refractivity (Wildman–Crippen MR) is 123 cm³/mol. The fourth-order valence-corrected chi connectivity index (χ4v) is 4.37. The molecule has 2 aliphatic rings. The van der Waals surface area contributed by atoms with Crippen LogP contribution >= 0.6 is 0 Å². The number of benzene rings is 2. The van der Waals surface area contributed by atoms with Gasteiger partial charge in [0, 0.05) is 11.6 Å². The van der Waals surface area contributed by atoms with E-state index in [4.69, 9.17) is 14.5 Å². The summed E-state index contributed by atoms with van der Waals surface area (Å²) in [4.78, 5) is 22.4. The third-order valence-electron chi connectivity index (χ3n) is 5.83. The highest BCUT2D eigenvalue weighted by Gasteiger charge is 2.27. The molecule has 0 saturated heterocycles. The van der Waals surface area contributed by atoms with Crippen LogP contribution in [0.3, 0.4) is 0 Å². The van der Waals surface area contributed by atoms with Gasteiger partial charge < -0.3 is 14.8 Å². The molecule has 1 aliphatic carbocycles. The van der Waals surface area contributed by atoms with E-state index in [2.05, 4.69) is 16.4 Å². The summed E-state index contributed by atoms with van der Waals surface area (Å²) in [6.45, 7) is 0.251. The van der Waals surface area contributed by atoms with Crippen LogP contribution in [0.4, 0.5) is 5.69 Å². The van der Waals surface area contributed by atoms with Crippen LogP contribution in [0.15, 0.2) is 67.0 Å². The molecule has 1 amide bonds. The highest BCUT2D eigenvalue weighted by Crippen LogP contribution is 2.39. The SMILES string of the molecule is O=C(Nc1cccnc1)c1c2c(nc3ccccc13)/C(=C/c1ccc3c(c1)OCO3)CC2. The largest absolute Gasteiger partial charge is 0.454 e. The van der Waals surface area contributed by atoms with Crippen LogP contribution in [0.25, 0.3) is 22.6 Å². The lowest BCUT2D eigenvalue weighted by Crippen LogP contribution is -2.15. The first-order chi connectivity index (χ1) is 15.8. The summed E-state index contributed by atoms with van der Waals surface area (Å²) in [6.07, 6.45) is 7.03. The maximum atomic E-state index is 13.4. The molecule has 156 valence electrons. The second-order valence-electron chi connectivity index (χ2n) is 7.81. The number of para-hydroxylation sites is 1. The fourth-order valence-electron chi connectivity index (χ4n) is 4.37. The van der Waals surface area contributed by atoms with Crippen LogP contribution in [0.5, 0.6) is 11.5 Å². The van der Waals surface area contributed by atoms with E-state index in [1.165, 1.54) is 0 Å². The summed E-state index contributed by atoms with van der Waals surface area (Å²) in [5.74, 6) is 1.37. The zero-order valence-electron chi connectivity index (χ0n) is 17.2. The minimum atomic E-state index is -0.142. The Labute approximate surface area is 184 Å². The highest BCUT2D eigenvalue weighted by molar-refractivity contribution is 6.14. The fraction of sp³-hybridized carbons (Fsp3) is 0.115. The number of hydrogen-bond donors (Lipinski definition) is 1. The molecule has 0 radical (unpaired) electrons. The molecule has 32 heavy (non-hydrogen) atoms.